The van der Waals surface area contributed by atoms with Gasteiger partial charge in [0, 0.05) is 18.7 Å². The van der Waals surface area contributed by atoms with Gasteiger partial charge in [-0.05, 0) is 24.6 Å². The number of amides is 1. The monoisotopic (exact) mass is 295 g/mol. The molecule has 0 radical (unpaired) electrons. The summed E-state index contributed by atoms with van der Waals surface area (Å²) in [6, 6.07) is 6.69. The molecule has 1 aromatic carbocycles. The second kappa shape index (κ2) is 5.64. The first-order chi connectivity index (χ1) is 9.37. The molecule has 1 aromatic rings. The lowest BCUT2D eigenvalue weighted by Crippen LogP contribution is -2.36. The van der Waals surface area contributed by atoms with Crippen LogP contribution in [0.4, 0.5) is 11.4 Å². The maximum atomic E-state index is 12.1. The summed E-state index contributed by atoms with van der Waals surface area (Å²) in [5.74, 6) is -0.218. The number of para-hydroxylation sites is 2. The fraction of sp³-hybridized carbons (Fsp3) is 0.308. The SMILES string of the molecule is CC(C(=O)Nc1ccccc1NS(C)(=O)=O)=C1CNC1. The van der Waals surface area contributed by atoms with Crippen molar-refractivity contribution in [2.24, 2.45) is 0 Å². The molecule has 0 spiro atoms. The molecule has 1 amide bonds. The van der Waals surface area contributed by atoms with Crippen molar-refractivity contribution in [1.82, 2.24) is 5.32 Å². The third kappa shape index (κ3) is 3.58. The van der Waals surface area contributed by atoms with Crippen LogP contribution in [0.15, 0.2) is 35.4 Å². The van der Waals surface area contributed by atoms with Crippen molar-refractivity contribution >= 4 is 27.3 Å². The fourth-order valence-electron chi connectivity index (χ4n) is 1.77. The van der Waals surface area contributed by atoms with E-state index in [4.69, 9.17) is 0 Å². The Labute approximate surface area is 118 Å². The van der Waals surface area contributed by atoms with Crippen molar-refractivity contribution in [3.63, 3.8) is 0 Å². The highest BCUT2D eigenvalue weighted by Gasteiger charge is 2.17. The fourth-order valence-corrected chi connectivity index (χ4v) is 2.35. The molecular weight excluding hydrogens is 278 g/mol. The normalized spacial score (nSPS) is 14.4. The molecule has 1 fully saturated rings. The van der Waals surface area contributed by atoms with Gasteiger partial charge in [-0.15, -0.1) is 0 Å². The number of hydrogen-bond acceptors (Lipinski definition) is 4. The van der Waals surface area contributed by atoms with Crippen molar-refractivity contribution in [3.8, 4) is 0 Å². The number of nitrogens with one attached hydrogen (secondary N) is 3. The third-order valence-corrected chi connectivity index (χ3v) is 3.61. The highest BCUT2D eigenvalue weighted by atomic mass is 32.2. The van der Waals surface area contributed by atoms with Gasteiger partial charge in [0.2, 0.25) is 10.0 Å². The smallest absolute Gasteiger partial charge is 0.251 e. The predicted molar refractivity (Wildman–Crippen MR) is 79.1 cm³/mol. The van der Waals surface area contributed by atoms with Gasteiger partial charge in [0.1, 0.15) is 0 Å². The lowest BCUT2D eigenvalue weighted by molar-refractivity contribution is -0.112. The number of rotatable bonds is 4. The minimum atomic E-state index is -3.39. The van der Waals surface area contributed by atoms with Gasteiger partial charge in [0.15, 0.2) is 0 Å². The average molecular weight is 295 g/mol. The van der Waals surface area contributed by atoms with E-state index in [1.165, 1.54) is 0 Å². The molecule has 2 rings (SSSR count). The maximum absolute atomic E-state index is 12.1. The lowest BCUT2D eigenvalue weighted by Gasteiger charge is -2.21. The standard InChI is InChI=1S/C13H17N3O3S/c1-9(10-7-14-8-10)13(17)15-11-5-3-4-6-12(11)16-20(2,18)19/h3-6,14,16H,7-8H2,1-2H3,(H,15,17). The Morgan fingerprint density at radius 1 is 1.20 bits per heavy atom. The van der Waals surface area contributed by atoms with Crippen LogP contribution in [0.5, 0.6) is 0 Å². The summed E-state index contributed by atoms with van der Waals surface area (Å²) in [7, 11) is -3.39. The van der Waals surface area contributed by atoms with Gasteiger partial charge in [0.05, 0.1) is 17.6 Å². The van der Waals surface area contributed by atoms with E-state index in [-0.39, 0.29) is 5.91 Å². The van der Waals surface area contributed by atoms with Crippen LogP contribution in [0, 0.1) is 0 Å². The van der Waals surface area contributed by atoms with Crippen LogP contribution in [-0.2, 0) is 14.8 Å². The van der Waals surface area contributed by atoms with E-state index in [2.05, 4.69) is 15.4 Å². The zero-order valence-corrected chi connectivity index (χ0v) is 12.2. The highest BCUT2D eigenvalue weighted by Crippen LogP contribution is 2.23. The van der Waals surface area contributed by atoms with Crippen molar-refractivity contribution < 1.29 is 13.2 Å². The summed E-state index contributed by atoms with van der Waals surface area (Å²) in [5, 5.41) is 5.80. The molecule has 0 bridgehead atoms. The van der Waals surface area contributed by atoms with Crippen LogP contribution in [-0.4, -0.2) is 33.7 Å². The van der Waals surface area contributed by atoms with E-state index >= 15 is 0 Å². The van der Waals surface area contributed by atoms with Gasteiger partial charge in [-0.1, -0.05) is 12.1 Å². The van der Waals surface area contributed by atoms with E-state index in [0.29, 0.717) is 16.9 Å². The van der Waals surface area contributed by atoms with E-state index in [0.717, 1.165) is 24.9 Å². The summed E-state index contributed by atoms with van der Waals surface area (Å²) in [6.07, 6.45) is 1.07. The zero-order valence-electron chi connectivity index (χ0n) is 11.4. The first-order valence-electron chi connectivity index (χ1n) is 6.14. The van der Waals surface area contributed by atoms with E-state index in [1.54, 1.807) is 31.2 Å². The number of carbonyl (C=O) groups excluding carboxylic acids is 1. The minimum absolute atomic E-state index is 0.218. The van der Waals surface area contributed by atoms with E-state index < -0.39 is 10.0 Å². The molecule has 1 aliphatic rings. The van der Waals surface area contributed by atoms with Crippen LogP contribution >= 0.6 is 0 Å². The van der Waals surface area contributed by atoms with Crippen molar-refractivity contribution in [3.05, 3.63) is 35.4 Å². The summed E-state index contributed by atoms with van der Waals surface area (Å²) >= 11 is 0. The molecule has 108 valence electrons. The predicted octanol–water partition coefficient (Wildman–Crippen LogP) is 0.916. The Kier molecular flexibility index (Phi) is 4.10. The first-order valence-corrected chi connectivity index (χ1v) is 8.03. The molecule has 6 nitrogen and oxygen atoms in total. The van der Waals surface area contributed by atoms with Gasteiger partial charge in [-0.2, -0.15) is 0 Å². The molecule has 0 atom stereocenters. The first kappa shape index (κ1) is 14.5. The molecule has 1 heterocycles. The van der Waals surface area contributed by atoms with Crippen molar-refractivity contribution in [2.45, 2.75) is 6.92 Å². The molecule has 0 aromatic heterocycles. The van der Waals surface area contributed by atoms with Crippen molar-refractivity contribution in [2.75, 3.05) is 29.4 Å². The van der Waals surface area contributed by atoms with Gasteiger partial charge in [0.25, 0.3) is 5.91 Å². The Morgan fingerprint density at radius 3 is 2.30 bits per heavy atom. The van der Waals surface area contributed by atoms with Crippen LogP contribution in [0.2, 0.25) is 0 Å². The molecule has 3 N–H and O–H groups in total. The molecule has 20 heavy (non-hydrogen) atoms. The molecular formula is C13H17N3O3S. The summed E-state index contributed by atoms with van der Waals surface area (Å²) in [6.45, 7) is 3.21. The van der Waals surface area contributed by atoms with Crippen molar-refractivity contribution in [1.29, 1.82) is 0 Å². The summed E-state index contributed by atoms with van der Waals surface area (Å²) < 4.78 is 25.0. The van der Waals surface area contributed by atoms with Gasteiger partial charge in [-0.25, -0.2) is 8.42 Å². The Hall–Kier alpha value is -1.86. The summed E-state index contributed by atoms with van der Waals surface area (Å²) in [5.41, 5.74) is 2.53. The van der Waals surface area contributed by atoms with E-state index in [9.17, 15) is 13.2 Å². The Bertz CT molecular complexity index is 659. The zero-order chi connectivity index (χ0) is 14.8. The van der Waals surface area contributed by atoms with Crippen LogP contribution in [0.3, 0.4) is 0 Å². The average Bonchev–Trinajstić information content (AvgIpc) is 2.27. The number of hydrogen-bond donors (Lipinski definition) is 3. The van der Waals surface area contributed by atoms with Crippen LogP contribution < -0.4 is 15.4 Å². The van der Waals surface area contributed by atoms with E-state index in [1.807, 2.05) is 0 Å². The van der Waals surface area contributed by atoms with Gasteiger partial charge in [-0.3, -0.25) is 9.52 Å². The molecule has 0 aliphatic carbocycles. The quantitative estimate of drug-likeness (QED) is 0.721. The number of carbonyl (C=O) groups is 1. The molecule has 1 saturated heterocycles. The molecule has 0 unspecified atom stereocenters. The lowest BCUT2D eigenvalue weighted by atomic mass is 10.0. The second-order valence-electron chi connectivity index (χ2n) is 4.71. The third-order valence-electron chi connectivity index (χ3n) is 3.02. The number of anilines is 2. The van der Waals surface area contributed by atoms with Gasteiger partial charge >= 0.3 is 0 Å². The summed E-state index contributed by atoms with van der Waals surface area (Å²) in [4.78, 5) is 12.1. The number of benzene rings is 1. The van der Waals surface area contributed by atoms with Crippen LogP contribution in [0.1, 0.15) is 6.92 Å². The second-order valence-corrected chi connectivity index (χ2v) is 6.45. The molecule has 7 heteroatoms. The maximum Gasteiger partial charge on any atom is 0.251 e. The Balaban J connectivity index is 2.19. The topological polar surface area (TPSA) is 87.3 Å². The Morgan fingerprint density at radius 2 is 1.80 bits per heavy atom. The highest BCUT2D eigenvalue weighted by molar-refractivity contribution is 7.92. The van der Waals surface area contributed by atoms with Crippen LogP contribution in [0.25, 0.3) is 0 Å². The minimum Gasteiger partial charge on any atom is -0.320 e. The molecule has 0 saturated carbocycles. The number of sulfonamides is 1. The largest absolute Gasteiger partial charge is 0.320 e. The van der Waals surface area contributed by atoms with Gasteiger partial charge < -0.3 is 10.6 Å². The molecule has 1 aliphatic heterocycles.